The van der Waals surface area contributed by atoms with Gasteiger partial charge in [0.2, 0.25) is 0 Å². The molecule has 0 aliphatic rings. The van der Waals surface area contributed by atoms with Gasteiger partial charge in [0, 0.05) is 29.4 Å². The number of nitrogens with two attached hydrogens (primary N) is 1. The fourth-order valence-electron chi connectivity index (χ4n) is 1.59. The molecule has 0 atom stereocenters. The topological polar surface area (TPSA) is 46.3 Å². The second kappa shape index (κ2) is 5.75. The fourth-order valence-corrected chi connectivity index (χ4v) is 1.84. The number of nitrogens with zero attached hydrogens (tertiary/aromatic N) is 1. The molecule has 0 bridgehead atoms. The third kappa shape index (κ3) is 3.14. The third-order valence-corrected chi connectivity index (χ3v) is 2.55. The van der Waals surface area contributed by atoms with Crippen molar-refractivity contribution in [2.75, 3.05) is 18.8 Å². The van der Waals surface area contributed by atoms with Crippen molar-refractivity contribution in [1.82, 2.24) is 4.90 Å². The normalized spacial score (nSPS) is 10.2. The molecule has 3 nitrogen and oxygen atoms in total. The quantitative estimate of drug-likeness (QED) is 0.823. The fraction of sp³-hybridized carbons (Fsp3) is 0.417. The van der Waals surface area contributed by atoms with Crippen molar-refractivity contribution in [1.29, 1.82) is 0 Å². The highest BCUT2D eigenvalue weighted by molar-refractivity contribution is 6.31. The third-order valence-electron chi connectivity index (χ3n) is 2.33. The highest BCUT2D eigenvalue weighted by Crippen LogP contribution is 2.18. The standard InChI is InChI=1S/C12H17ClN2O/c1-3-5-15(4-2)12(16)9-6-10(13)8-11(14)7-9/h6-8H,3-5,14H2,1-2H3. The number of hydrogen-bond acceptors (Lipinski definition) is 2. The summed E-state index contributed by atoms with van der Waals surface area (Å²) < 4.78 is 0. The van der Waals surface area contributed by atoms with Crippen molar-refractivity contribution in [2.45, 2.75) is 20.3 Å². The first-order chi connectivity index (χ1) is 7.58. The van der Waals surface area contributed by atoms with Gasteiger partial charge in [-0.3, -0.25) is 4.79 Å². The average molecular weight is 241 g/mol. The van der Waals surface area contributed by atoms with Gasteiger partial charge in [0.05, 0.1) is 0 Å². The maximum absolute atomic E-state index is 12.1. The average Bonchev–Trinajstić information content (AvgIpc) is 2.23. The molecular weight excluding hydrogens is 224 g/mol. The lowest BCUT2D eigenvalue weighted by Crippen LogP contribution is -2.31. The Morgan fingerprint density at radius 2 is 2.06 bits per heavy atom. The van der Waals surface area contributed by atoms with E-state index in [1.54, 1.807) is 23.1 Å². The van der Waals surface area contributed by atoms with Crippen LogP contribution in [0.5, 0.6) is 0 Å². The molecule has 0 saturated carbocycles. The van der Waals surface area contributed by atoms with Crippen molar-refractivity contribution < 1.29 is 4.79 Å². The van der Waals surface area contributed by atoms with Crippen molar-refractivity contribution in [2.24, 2.45) is 0 Å². The molecular formula is C12H17ClN2O. The van der Waals surface area contributed by atoms with Crippen molar-refractivity contribution in [3.8, 4) is 0 Å². The summed E-state index contributed by atoms with van der Waals surface area (Å²) in [5.41, 5.74) is 6.73. The zero-order valence-electron chi connectivity index (χ0n) is 9.66. The maximum Gasteiger partial charge on any atom is 0.253 e. The molecule has 4 heteroatoms. The van der Waals surface area contributed by atoms with Crippen LogP contribution in [0.15, 0.2) is 18.2 Å². The van der Waals surface area contributed by atoms with Crippen LogP contribution in [0, 0.1) is 0 Å². The molecule has 0 spiro atoms. The molecule has 0 saturated heterocycles. The summed E-state index contributed by atoms with van der Waals surface area (Å²) in [5, 5.41) is 0.496. The minimum Gasteiger partial charge on any atom is -0.399 e. The zero-order chi connectivity index (χ0) is 12.1. The van der Waals surface area contributed by atoms with Gasteiger partial charge in [-0.2, -0.15) is 0 Å². The van der Waals surface area contributed by atoms with E-state index in [9.17, 15) is 4.79 Å². The van der Waals surface area contributed by atoms with Crippen molar-refractivity contribution >= 4 is 23.2 Å². The molecule has 0 heterocycles. The lowest BCUT2D eigenvalue weighted by molar-refractivity contribution is 0.0764. The minimum absolute atomic E-state index is 0.0152. The number of carbonyl (C=O) groups is 1. The predicted octanol–water partition coefficient (Wildman–Crippen LogP) is 2.79. The van der Waals surface area contributed by atoms with Gasteiger partial charge < -0.3 is 10.6 Å². The summed E-state index contributed by atoms with van der Waals surface area (Å²) in [5.74, 6) is -0.0152. The number of halogens is 1. The number of nitrogen functional groups attached to an aromatic ring is 1. The van der Waals surface area contributed by atoms with Crippen LogP contribution >= 0.6 is 11.6 Å². The second-order valence-corrected chi connectivity index (χ2v) is 4.09. The van der Waals surface area contributed by atoms with Gasteiger partial charge in [0.15, 0.2) is 0 Å². The predicted molar refractivity (Wildman–Crippen MR) is 67.7 cm³/mol. The zero-order valence-corrected chi connectivity index (χ0v) is 10.4. The SMILES string of the molecule is CCCN(CC)C(=O)c1cc(N)cc(Cl)c1. The van der Waals surface area contributed by atoms with Crippen molar-refractivity contribution in [3.05, 3.63) is 28.8 Å². The molecule has 88 valence electrons. The second-order valence-electron chi connectivity index (χ2n) is 3.66. The number of rotatable bonds is 4. The van der Waals surface area contributed by atoms with Gasteiger partial charge in [-0.05, 0) is 31.5 Å². The molecule has 0 fully saturated rings. The molecule has 0 aromatic heterocycles. The first-order valence-corrected chi connectivity index (χ1v) is 5.81. The largest absolute Gasteiger partial charge is 0.399 e. The van der Waals surface area contributed by atoms with Crippen LogP contribution in [0.1, 0.15) is 30.6 Å². The van der Waals surface area contributed by atoms with E-state index in [1.165, 1.54) is 0 Å². The highest BCUT2D eigenvalue weighted by atomic mass is 35.5. The van der Waals surface area contributed by atoms with Gasteiger partial charge in [-0.25, -0.2) is 0 Å². The Morgan fingerprint density at radius 1 is 1.38 bits per heavy atom. The van der Waals surface area contributed by atoms with Crippen LogP contribution in [-0.4, -0.2) is 23.9 Å². The lowest BCUT2D eigenvalue weighted by Gasteiger charge is -2.20. The van der Waals surface area contributed by atoms with E-state index in [-0.39, 0.29) is 5.91 Å². The molecule has 0 radical (unpaired) electrons. The molecule has 2 N–H and O–H groups in total. The summed E-state index contributed by atoms with van der Waals surface area (Å²) in [6, 6.07) is 4.94. The number of amides is 1. The van der Waals surface area contributed by atoms with Gasteiger partial charge in [0.25, 0.3) is 5.91 Å². The summed E-state index contributed by atoms with van der Waals surface area (Å²) >= 11 is 5.87. The minimum atomic E-state index is -0.0152. The summed E-state index contributed by atoms with van der Waals surface area (Å²) in [7, 11) is 0. The Labute approximate surface area is 101 Å². The van der Waals surface area contributed by atoms with Gasteiger partial charge in [0.1, 0.15) is 0 Å². The Balaban J connectivity index is 2.94. The molecule has 0 unspecified atom stereocenters. The maximum atomic E-state index is 12.1. The monoisotopic (exact) mass is 240 g/mol. The Hall–Kier alpha value is -1.22. The molecule has 1 amide bonds. The van der Waals surface area contributed by atoms with Gasteiger partial charge >= 0.3 is 0 Å². The van der Waals surface area contributed by atoms with E-state index in [1.807, 2.05) is 13.8 Å². The van der Waals surface area contributed by atoms with Crippen LogP contribution in [-0.2, 0) is 0 Å². The van der Waals surface area contributed by atoms with Gasteiger partial charge in [-0.1, -0.05) is 18.5 Å². The Morgan fingerprint density at radius 3 is 2.56 bits per heavy atom. The highest BCUT2D eigenvalue weighted by Gasteiger charge is 2.13. The first-order valence-electron chi connectivity index (χ1n) is 5.43. The molecule has 16 heavy (non-hydrogen) atoms. The Bertz CT molecular complexity index is 359. The Kier molecular flexibility index (Phi) is 4.62. The van der Waals surface area contributed by atoms with E-state index in [0.29, 0.717) is 22.8 Å². The molecule has 0 aliphatic heterocycles. The van der Waals surface area contributed by atoms with E-state index in [4.69, 9.17) is 17.3 Å². The molecule has 1 rings (SSSR count). The summed E-state index contributed by atoms with van der Waals surface area (Å²) in [6.07, 6.45) is 0.940. The molecule has 1 aromatic rings. The van der Waals surface area contributed by atoms with E-state index >= 15 is 0 Å². The summed E-state index contributed by atoms with van der Waals surface area (Å²) in [4.78, 5) is 13.9. The van der Waals surface area contributed by atoms with Crippen LogP contribution in [0.3, 0.4) is 0 Å². The van der Waals surface area contributed by atoms with Crippen LogP contribution in [0.4, 0.5) is 5.69 Å². The van der Waals surface area contributed by atoms with Crippen LogP contribution in [0.2, 0.25) is 5.02 Å². The number of anilines is 1. The lowest BCUT2D eigenvalue weighted by atomic mass is 10.1. The number of carbonyl (C=O) groups excluding carboxylic acids is 1. The molecule has 1 aromatic carbocycles. The number of benzene rings is 1. The van der Waals surface area contributed by atoms with Gasteiger partial charge in [-0.15, -0.1) is 0 Å². The van der Waals surface area contributed by atoms with Crippen LogP contribution < -0.4 is 5.73 Å². The first kappa shape index (κ1) is 12.8. The van der Waals surface area contributed by atoms with E-state index in [0.717, 1.165) is 13.0 Å². The summed E-state index contributed by atoms with van der Waals surface area (Å²) in [6.45, 7) is 5.45. The smallest absolute Gasteiger partial charge is 0.253 e. The van der Waals surface area contributed by atoms with Crippen molar-refractivity contribution in [3.63, 3.8) is 0 Å². The number of hydrogen-bond donors (Lipinski definition) is 1. The van der Waals surface area contributed by atoms with Crippen LogP contribution in [0.25, 0.3) is 0 Å². The van der Waals surface area contributed by atoms with E-state index in [2.05, 4.69) is 0 Å². The molecule has 0 aliphatic carbocycles. The van der Waals surface area contributed by atoms with E-state index < -0.39 is 0 Å².